The van der Waals surface area contributed by atoms with E-state index >= 15 is 0 Å². The highest BCUT2D eigenvalue weighted by molar-refractivity contribution is 5.93. The Labute approximate surface area is 197 Å². The van der Waals surface area contributed by atoms with Crippen molar-refractivity contribution in [1.29, 1.82) is 0 Å². The van der Waals surface area contributed by atoms with Crippen LogP contribution in [0.15, 0.2) is 30.5 Å². The van der Waals surface area contributed by atoms with Crippen LogP contribution in [0.3, 0.4) is 0 Å². The van der Waals surface area contributed by atoms with Crippen LogP contribution in [0.1, 0.15) is 32.8 Å². The van der Waals surface area contributed by atoms with E-state index in [1.54, 1.807) is 6.20 Å². The fourth-order valence-electron chi connectivity index (χ4n) is 3.45. The summed E-state index contributed by atoms with van der Waals surface area (Å²) in [5.41, 5.74) is 7.21. The van der Waals surface area contributed by atoms with E-state index in [0.717, 1.165) is 16.5 Å². The van der Waals surface area contributed by atoms with E-state index in [1.807, 2.05) is 38.1 Å². The molecule has 4 atom stereocenters. The van der Waals surface area contributed by atoms with Gasteiger partial charge in [-0.05, 0) is 30.9 Å². The van der Waals surface area contributed by atoms with Crippen molar-refractivity contribution in [3.63, 3.8) is 0 Å². The SMILES string of the molecule is CC(C)CC(NC(=O)C(N)C(C)O)C(=O)NCC(=O)NC(Cc1c[nH]c2ccccc12)C(=O)O. The van der Waals surface area contributed by atoms with Gasteiger partial charge in [0.25, 0.3) is 0 Å². The van der Waals surface area contributed by atoms with Gasteiger partial charge in [0.2, 0.25) is 17.7 Å². The first-order valence-electron chi connectivity index (χ1n) is 11.1. The molecule has 0 saturated carbocycles. The highest BCUT2D eigenvalue weighted by Crippen LogP contribution is 2.19. The lowest BCUT2D eigenvalue weighted by atomic mass is 10.0. The number of hydrogen-bond donors (Lipinski definition) is 7. The largest absolute Gasteiger partial charge is 0.480 e. The number of rotatable bonds is 12. The fourth-order valence-corrected chi connectivity index (χ4v) is 3.45. The van der Waals surface area contributed by atoms with E-state index < -0.39 is 54.5 Å². The summed E-state index contributed by atoms with van der Waals surface area (Å²) in [5.74, 6) is -3.15. The van der Waals surface area contributed by atoms with Gasteiger partial charge in [-0.3, -0.25) is 14.4 Å². The van der Waals surface area contributed by atoms with Gasteiger partial charge in [0.05, 0.1) is 12.6 Å². The van der Waals surface area contributed by atoms with Crippen molar-refractivity contribution in [2.24, 2.45) is 11.7 Å². The number of aliphatic hydroxyl groups excluding tert-OH is 1. The van der Waals surface area contributed by atoms with Crippen LogP contribution in [0.5, 0.6) is 0 Å². The standard InChI is InChI=1S/C23H33N5O6/c1-12(2)8-17(28-22(32)20(24)13(3)29)21(31)26-11-19(30)27-18(23(33)34)9-14-10-25-16-7-5-4-6-15(14)16/h4-7,10,12-13,17-18,20,25,29H,8-9,11,24H2,1-3H3,(H,26,31)(H,27,30)(H,28,32)(H,33,34). The lowest BCUT2D eigenvalue weighted by Gasteiger charge is -2.23. The van der Waals surface area contributed by atoms with E-state index in [4.69, 9.17) is 5.73 Å². The summed E-state index contributed by atoms with van der Waals surface area (Å²) in [6.07, 6.45) is 0.941. The number of fused-ring (bicyclic) bond motifs is 1. The molecule has 0 saturated heterocycles. The van der Waals surface area contributed by atoms with Crippen LogP contribution in [0.25, 0.3) is 10.9 Å². The number of carboxylic acid groups (broad SMARTS) is 1. The second-order valence-corrected chi connectivity index (χ2v) is 8.70. The third-order valence-electron chi connectivity index (χ3n) is 5.32. The van der Waals surface area contributed by atoms with Gasteiger partial charge in [-0.25, -0.2) is 4.79 Å². The number of nitrogens with one attached hydrogen (secondary N) is 4. The molecule has 1 aromatic heterocycles. The first-order valence-corrected chi connectivity index (χ1v) is 11.1. The molecule has 0 aliphatic carbocycles. The molecule has 1 heterocycles. The van der Waals surface area contributed by atoms with Gasteiger partial charge < -0.3 is 36.9 Å². The fraction of sp³-hybridized carbons (Fsp3) is 0.478. The number of nitrogens with two attached hydrogens (primary N) is 1. The molecule has 3 amide bonds. The zero-order valence-corrected chi connectivity index (χ0v) is 19.5. The summed E-state index contributed by atoms with van der Waals surface area (Å²) in [6.45, 7) is 4.61. The minimum absolute atomic E-state index is 0.0419. The Balaban J connectivity index is 1.97. The van der Waals surface area contributed by atoms with Crippen molar-refractivity contribution in [3.8, 4) is 0 Å². The second kappa shape index (κ2) is 12.1. The van der Waals surface area contributed by atoms with E-state index in [1.165, 1.54) is 6.92 Å². The lowest BCUT2D eigenvalue weighted by Crippen LogP contribution is -2.55. The summed E-state index contributed by atoms with van der Waals surface area (Å²) in [4.78, 5) is 51.9. The topological polar surface area (TPSA) is 187 Å². The number of carbonyl (C=O) groups excluding carboxylic acids is 3. The van der Waals surface area contributed by atoms with Gasteiger partial charge in [-0.1, -0.05) is 32.0 Å². The van der Waals surface area contributed by atoms with Crippen LogP contribution < -0.4 is 21.7 Å². The van der Waals surface area contributed by atoms with E-state index in [9.17, 15) is 29.4 Å². The average Bonchev–Trinajstić information content (AvgIpc) is 3.18. The van der Waals surface area contributed by atoms with Gasteiger partial charge in [0.1, 0.15) is 18.1 Å². The average molecular weight is 476 g/mol. The Morgan fingerprint density at radius 3 is 2.32 bits per heavy atom. The molecule has 186 valence electrons. The predicted molar refractivity (Wildman–Crippen MR) is 126 cm³/mol. The molecule has 4 unspecified atom stereocenters. The minimum atomic E-state index is -1.21. The highest BCUT2D eigenvalue weighted by atomic mass is 16.4. The molecule has 0 radical (unpaired) electrons. The number of carbonyl (C=O) groups is 4. The zero-order valence-electron chi connectivity index (χ0n) is 19.5. The van der Waals surface area contributed by atoms with Gasteiger partial charge in [0.15, 0.2) is 0 Å². The molecule has 8 N–H and O–H groups in total. The molecule has 0 aliphatic rings. The van der Waals surface area contributed by atoms with Gasteiger partial charge in [-0.2, -0.15) is 0 Å². The zero-order chi connectivity index (χ0) is 25.4. The lowest BCUT2D eigenvalue weighted by molar-refractivity contribution is -0.141. The Bertz CT molecular complexity index is 1020. The number of benzene rings is 1. The molecule has 0 fully saturated rings. The predicted octanol–water partition coefficient (Wildman–Crippen LogP) is -0.365. The van der Waals surface area contributed by atoms with Crippen molar-refractivity contribution in [2.45, 2.75) is 57.8 Å². The highest BCUT2D eigenvalue weighted by Gasteiger charge is 2.27. The number of aromatic amines is 1. The molecule has 1 aromatic carbocycles. The summed E-state index contributed by atoms with van der Waals surface area (Å²) in [5, 5.41) is 27.3. The van der Waals surface area contributed by atoms with Crippen molar-refractivity contribution in [1.82, 2.24) is 20.9 Å². The van der Waals surface area contributed by atoms with Crippen LogP contribution in [0.2, 0.25) is 0 Å². The van der Waals surface area contributed by atoms with Crippen LogP contribution in [0.4, 0.5) is 0 Å². The van der Waals surface area contributed by atoms with Crippen LogP contribution >= 0.6 is 0 Å². The van der Waals surface area contributed by atoms with Crippen molar-refractivity contribution in [3.05, 3.63) is 36.0 Å². The smallest absolute Gasteiger partial charge is 0.326 e. The third-order valence-corrected chi connectivity index (χ3v) is 5.32. The van der Waals surface area contributed by atoms with Crippen molar-refractivity contribution >= 4 is 34.6 Å². The molecule has 0 aliphatic heterocycles. The van der Waals surface area contributed by atoms with Crippen LogP contribution in [-0.2, 0) is 25.6 Å². The summed E-state index contributed by atoms with van der Waals surface area (Å²) < 4.78 is 0. The molecule has 11 nitrogen and oxygen atoms in total. The molecule has 34 heavy (non-hydrogen) atoms. The summed E-state index contributed by atoms with van der Waals surface area (Å²) >= 11 is 0. The number of para-hydroxylation sites is 1. The van der Waals surface area contributed by atoms with Gasteiger partial charge in [-0.15, -0.1) is 0 Å². The summed E-state index contributed by atoms with van der Waals surface area (Å²) in [7, 11) is 0. The van der Waals surface area contributed by atoms with Gasteiger partial charge in [0, 0.05) is 23.5 Å². The third kappa shape index (κ3) is 7.56. The Morgan fingerprint density at radius 2 is 1.71 bits per heavy atom. The first-order chi connectivity index (χ1) is 16.0. The van der Waals surface area contributed by atoms with Gasteiger partial charge >= 0.3 is 5.97 Å². The minimum Gasteiger partial charge on any atom is -0.480 e. The maximum Gasteiger partial charge on any atom is 0.326 e. The van der Waals surface area contributed by atoms with Crippen LogP contribution in [0, 0.1) is 5.92 Å². The normalized spacial score (nSPS) is 14.8. The maximum absolute atomic E-state index is 12.6. The van der Waals surface area contributed by atoms with E-state index in [2.05, 4.69) is 20.9 Å². The van der Waals surface area contributed by atoms with Crippen molar-refractivity contribution in [2.75, 3.05) is 6.54 Å². The Morgan fingerprint density at radius 1 is 1.03 bits per heavy atom. The van der Waals surface area contributed by atoms with E-state index in [0.29, 0.717) is 0 Å². The van der Waals surface area contributed by atoms with Crippen LogP contribution in [-0.4, -0.2) is 69.7 Å². The molecular weight excluding hydrogens is 442 g/mol. The summed E-state index contributed by atoms with van der Waals surface area (Å²) in [6, 6.07) is 4.05. The molecule has 0 spiro atoms. The molecule has 11 heteroatoms. The first kappa shape index (κ1) is 26.8. The Hall–Kier alpha value is -3.44. The number of carboxylic acids is 1. The molecule has 0 bridgehead atoms. The Kier molecular flexibility index (Phi) is 9.58. The quantitative estimate of drug-likeness (QED) is 0.218. The van der Waals surface area contributed by atoms with E-state index in [-0.39, 0.29) is 18.8 Å². The number of aliphatic hydroxyl groups is 1. The number of aliphatic carboxylic acids is 1. The number of hydrogen-bond acceptors (Lipinski definition) is 6. The monoisotopic (exact) mass is 475 g/mol. The molecule has 2 aromatic rings. The maximum atomic E-state index is 12.6. The second-order valence-electron chi connectivity index (χ2n) is 8.70. The number of aromatic nitrogens is 1. The number of amides is 3. The molecular formula is C23H33N5O6. The number of H-pyrrole nitrogens is 1. The molecule has 2 rings (SSSR count). The van der Waals surface area contributed by atoms with Crippen molar-refractivity contribution < 1.29 is 29.4 Å².